The number of hydrogen-bond acceptors (Lipinski definition) is 6. The minimum atomic E-state index is -4.79. The molecule has 220 valence electrons. The lowest BCUT2D eigenvalue weighted by Crippen LogP contribution is -2.57. The van der Waals surface area contributed by atoms with Gasteiger partial charge in [-0.15, -0.1) is 0 Å². The van der Waals surface area contributed by atoms with Crippen LogP contribution in [0.3, 0.4) is 0 Å². The molecule has 0 bridgehead atoms. The fraction of sp³-hybridized carbons (Fsp3) is 0.615. The van der Waals surface area contributed by atoms with Crippen LogP contribution in [0.25, 0.3) is 0 Å². The molecule has 1 amide bonds. The van der Waals surface area contributed by atoms with Gasteiger partial charge in [-0.25, -0.2) is 14.8 Å². The number of anilines is 1. The van der Waals surface area contributed by atoms with Crippen molar-refractivity contribution in [2.45, 2.75) is 76.4 Å². The summed E-state index contributed by atoms with van der Waals surface area (Å²) in [4.78, 5) is 38.1. The van der Waals surface area contributed by atoms with Crippen molar-refractivity contribution in [2.24, 2.45) is 5.92 Å². The number of ether oxygens (including phenoxy) is 1. The Morgan fingerprint density at radius 3 is 2.33 bits per heavy atom. The molecule has 1 N–H and O–H groups in total. The molecule has 1 saturated heterocycles. The van der Waals surface area contributed by atoms with Crippen molar-refractivity contribution in [1.82, 2.24) is 19.9 Å². The Labute approximate surface area is 226 Å². The van der Waals surface area contributed by atoms with E-state index in [4.69, 9.17) is 4.74 Å². The largest absolute Gasteiger partial charge is 0.444 e. The maximum absolute atomic E-state index is 13.4. The van der Waals surface area contributed by atoms with E-state index in [2.05, 4.69) is 15.0 Å². The molecule has 0 aromatic carbocycles. The molecule has 3 unspecified atom stereocenters. The minimum absolute atomic E-state index is 0.0836. The number of halogens is 6. The van der Waals surface area contributed by atoms with E-state index in [-0.39, 0.29) is 37.4 Å². The number of nitrogens with zero attached hydrogens (tertiary/aromatic N) is 4. The molecule has 1 saturated carbocycles. The molecular formula is C26H31F6N5O3. The molecule has 0 radical (unpaired) electrons. The topological polar surface area (TPSA) is 91.4 Å². The molecule has 2 aromatic rings. The second-order valence-electron chi connectivity index (χ2n) is 11.2. The molecular weight excluding hydrogens is 544 g/mol. The molecule has 0 spiro atoms. The van der Waals surface area contributed by atoms with Crippen molar-refractivity contribution in [1.29, 1.82) is 0 Å². The zero-order valence-electron chi connectivity index (χ0n) is 22.3. The highest BCUT2D eigenvalue weighted by Crippen LogP contribution is 2.43. The number of nitrogens with one attached hydrogen (secondary N) is 1. The number of pyridine rings is 1. The zero-order valence-corrected chi connectivity index (χ0v) is 22.3. The maximum atomic E-state index is 13.4. The molecule has 40 heavy (non-hydrogen) atoms. The van der Waals surface area contributed by atoms with Gasteiger partial charge in [0, 0.05) is 38.2 Å². The van der Waals surface area contributed by atoms with Crippen LogP contribution in [0.5, 0.6) is 0 Å². The zero-order chi connectivity index (χ0) is 29.5. The third-order valence-corrected chi connectivity index (χ3v) is 7.25. The first-order valence-corrected chi connectivity index (χ1v) is 13.0. The van der Waals surface area contributed by atoms with Gasteiger partial charge in [0.05, 0.1) is 11.6 Å². The van der Waals surface area contributed by atoms with Gasteiger partial charge in [-0.05, 0) is 63.5 Å². The van der Waals surface area contributed by atoms with Crippen LogP contribution in [0, 0.1) is 5.92 Å². The van der Waals surface area contributed by atoms with Crippen LogP contribution in [-0.2, 0) is 17.1 Å². The third-order valence-electron chi connectivity index (χ3n) is 7.25. The molecule has 2 aliphatic rings. The van der Waals surface area contributed by atoms with E-state index in [1.165, 1.54) is 6.20 Å². The van der Waals surface area contributed by atoms with Crippen LogP contribution in [0.1, 0.15) is 69.1 Å². The van der Waals surface area contributed by atoms with Crippen LogP contribution in [0.2, 0.25) is 0 Å². The predicted molar refractivity (Wildman–Crippen MR) is 133 cm³/mol. The van der Waals surface area contributed by atoms with E-state index >= 15 is 0 Å². The lowest BCUT2D eigenvalue weighted by atomic mass is 9.84. The molecule has 14 heteroatoms. The number of rotatable bonds is 4. The van der Waals surface area contributed by atoms with Gasteiger partial charge in [-0.1, -0.05) is 6.42 Å². The number of carbonyl (C=O) groups excluding carboxylic acids is 1. The number of aromatic amines is 1. The average Bonchev–Trinajstić information content (AvgIpc) is 3.30. The number of amides is 1. The molecule has 2 aromatic heterocycles. The van der Waals surface area contributed by atoms with E-state index < -0.39 is 46.8 Å². The molecule has 8 nitrogen and oxygen atoms in total. The summed E-state index contributed by atoms with van der Waals surface area (Å²) < 4.78 is 84.7. The maximum Gasteiger partial charge on any atom is 0.421 e. The molecule has 3 atom stereocenters. The van der Waals surface area contributed by atoms with Crippen molar-refractivity contribution in [3.63, 3.8) is 0 Å². The SMILES string of the molecule is CC(C)(C)OC(=O)N1CCN(c2ncc(C(F)(F)F)cn2)CC1CC1CCCC1c1c[nH]c(=O)c(C(F)(F)F)c1. The number of H-pyrrole nitrogens is 1. The second kappa shape index (κ2) is 10.9. The highest BCUT2D eigenvalue weighted by atomic mass is 19.4. The van der Waals surface area contributed by atoms with Crippen molar-refractivity contribution in [3.05, 3.63) is 51.7 Å². The van der Waals surface area contributed by atoms with Crippen molar-refractivity contribution in [2.75, 3.05) is 24.5 Å². The van der Waals surface area contributed by atoms with Crippen molar-refractivity contribution < 1.29 is 35.9 Å². The first kappa shape index (κ1) is 29.7. The van der Waals surface area contributed by atoms with Crippen molar-refractivity contribution >= 4 is 12.0 Å². The van der Waals surface area contributed by atoms with Crippen LogP contribution < -0.4 is 10.5 Å². The number of hydrogen-bond donors (Lipinski definition) is 1. The Balaban J connectivity index is 1.59. The highest BCUT2D eigenvalue weighted by molar-refractivity contribution is 5.69. The van der Waals surface area contributed by atoms with Gasteiger partial charge >= 0.3 is 18.4 Å². The van der Waals surface area contributed by atoms with E-state index in [0.29, 0.717) is 37.2 Å². The smallest absolute Gasteiger partial charge is 0.421 e. The van der Waals surface area contributed by atoms with Crippen molar-refractivity contribution in [3.8, 4) is 0 Å². The summed E-state index contributed by atoms with van der Waals surface area (Å²) in [6.45, 7) is 5.84. The molecule has 4 rings (SSSR count). The summed E-state index contributed by atoms with van der Waals surface area (Å²) in [7, 11) is 0. The molecule has 2 fully saturated rings. The van der Waals surface area contributed by atoms with Gasteiger partial charge in [0.15, 0.2) is 0 Å². The Morgan fingerprint density at radius 2 is 1.73 bits per heavy atom. The first-order chi connectivity index (χ1) is 18.5. The van der Waals surface area contributed by atoms with Gasteiger partial charge in [0.2, 0.25) is 5.95 Å². The van der Waals surface area contributed by atoms with Gasteiger partial charge in [-0.2, -0.15) is 26.3 Å². The monoisotopic (exact) mass is 575 g/mol. The van der Waals surface area contributed by atoms with E-state index in [9.17, 15) is 35.9 Å². The fourth-order valence-electron chi connectivity index (χ4n) is 5.46. The number of alkyl halides is 6. The quantitative estimate of drug-likeness (QED) is 0.478. The Kier molecular flexibility index (Phi) is 8.10. The summed E-state index contributed by atoms with van der Waals surface area (Å²) >= 11 is 0. The second-order valence-corrected chi connectivity index (χ2v) is 11.2. The number of piperazine rings is 1. The number of carbonyl (C=O) groups is 1. The van der Waals surface area contributed by atoms with E-state index in [1.807, 2.05) is 0 Å². The normalized spacial score (nSPS) is 22.5. The van der Waals surface area contributed by atoms with E-state index in [0.717, 1.165) is 12.5 Å². The van der Waals surface area contributed by atoms with Crippen LogP contribution in [0.4, 0.5) is 37.1 Å². The lowest BCUT2D eigenvalue weighted by Gasteiger charge is -2.43. The summed E-state index contributed by atoms with van der Waals surface area (Å²) in [5, 5.41) is 0. The highest BCUT2D eigenvalue weighted by Gasteiger charge is 2.40. The van der Waals surface area contributed by atoms with Gasteiger partial charge < -0.3 is 19.5 Å². The van der Waals surface area contributed by atoms with Crippen LogP contribution in [-0.4, -0.2) is 57.2 Å². The van der Waals surface area contributed by atoms with Gasteiger partial charge in [0.1, 0.15) is 11.2 Å². The third kappa shape index (κ3) is 6.87. The standard InChI is InChI=1S/C26H31F6N5O3/c1-24(2,3)40-23(39)37-8-7-36(22-34-12-17(13-35-22)25(27,28)29)14-18(37)9-15-5-4-6-19(15)16-10-20(26(30,31)32)21(38)33-11-16/h10-13,15,18-19H,4-9,14H2,1-3H3,(H,33,38). The summed E-state index contributed by atoms with van der Waals surface area (Å²) in [6.07, 6.45) is -4.74. The average molecular weight is 576 g/mol. The van der Waals surface area contributed by atoms with Gasteiger partial charge in [-0.3, -0.25) is 4.79 Å². The Bertz CT molecular complexity index is 1260. The fourth-order valence-corrected chi connectivity index (χ4v) is 5.46. The Hall–Kier alpha value is -3.32. The lowest BCUT2D eigenvalue weighted by molar-refractivity contribution is -0.139. The van der Waals surface area contributed by atoms with Crippen LogP contribution >= 0.6 is 0 Å². The van der Waals surface area contributed by atoms with E-state index in [1.54, 1.807) is 30.6 Å². The Morgan fingerprint density at radius 1 is 1.05 bits per heavy atom. The molecule has 1 aliphatic heterocycles. The molecule has 3 heterocycles. The van der Waals surface area contributed by atoms with Crippen LogP contribution in [0.15, 0.2) is 29.5 Å². The number of aromatic nitrogens is 3. The summed E-state index contributed by atoms with van der Waals surface area (Å²) in [5.74, 6) is -0.313. The summed E-state index contributed by atoms with van der Waals surface area (Å²) in [6, 6.07) is 0.432. The van der Waals surface area contributed by atoms with Gasteiger partial charge in [0.25, 0.3) is 5.56 Å². The molecule has 1 aliphatic carbocycles. The predicted octanol–water partition coefficient (Wildman–Crippen LogP) is 5.60. The summed E-state index contributed by atoms with van der Waals surface area (Å²) in [5.41, 5.74) is -3.84. The minimum Gasteiger partial charge on any atom is -0.444 e. The first-order valence-electron chi connectivity index (χ1n) is 13.0.